The van der Waals surface area contributed by atoms with E-state index in [9.17, 15) is 4.39 Å². The van der Waals surface area contributed by atoms with Gasteiger partial charge in [-0.25, -0.2) is 4.39 Å². The summed E-state index contributed by atoms with van der Waals surface area (Å²) in [7, 11) is 3.13. The minimum absolute atomic E-state index is 0.268. The van der Waals surface area contributed by atoms with Crippen LogP contribution >= 0.6 is 15.9 Å². The number of methoxy groups -OCH3 is 2. The Hall–Kier alpha value is -1.59. The van der Waals surface area contributed by atoms with Gasteiger partial charge < -0.3 is 15.2 Å². The second-order valence-corrected chi connectivity index (χ2v) is 5.54. The van der Waals surface area contributed by atoms with Crippen molar-refractivity contribution in [3.63, 3.8) is 0 Å². The average Bonchev–Trinajstić information content (AvgIpc) is 2.49. The standard InChI is InChI=1S/C16H17BrFNO2/c1-20-15-5-3-4-12(16(15)21-2)14(19)9-10-8-11(17)6-7-13(10)18/h3-8,14H,9,19H2,1-2H3. The summed E-state index contributed by atoms with van der Waals surface area (Å²) in [6.45, 7) is 0. The maximum absolute atomic E-state index is 13.8. The first-order valence-electron chi connectivity index (χ1n) is 6.47. The molecule has 0 saturated heterocycles. The molecule has 1 atom stereocenters. The molecule has 0 aliphatic rings. The smallest absolute Gasteiger partial charge is 0.165 e. The fourth-order valence-corrected chi connectivity index (χ4v) is 2.66. The van der Waals surface area contributed by atoms with Crippen molar-refractivity contribution in [2.75, 3.05) is 14.2 Å². The molecule has 0 heterocycles. The van der Waals surface area contributed by atoms with Gasteiger partial charge in [0.1, 0.15) is 5.82 Å². The number of nitrogens with two attached hydrogens (primary N) is 1. The second-order valence-electron chi connectivity index (χ2n) is 4.63. The predicted molar refractivity (Wildman–Crippen MR) is 84.3 cm³/mol. The summed E-state index contributed by atoms with van der Waals surface area (Å²) in [5.41, 5.74) is 7.57. The molecule has 0 amide bonds. The van der Waals surface area contributed by atoms with Gasteiger partial charge in [0.2, 0.25) is 0 Å². The van der Waals surface area contributed by atoms with Crippen molar-refractivity contribution in [3.8, 4) is 11.5 Å². The predicted octanol–water partition coefficient (Wildman–Crippen LogP) is 3.85. The van der Waals surface area contributed by atoms with Crippen LogP contribution in [0.3, 0.4) is 0 Å². The van der Waals surface area contributed by atoms with E-state index in [0.29, 0.717) is 23.5 Å². The van der Waals surface area contributed by atoms with Gasteiger partial charge >= 0.3 is 0 Å². The molecule has 0 aliphatic carbocycles. The Morgan fingerprint density at radius 1 is 1.19 bits per heavy atom. The molecule has 0 fully saturated rings. The highest BCUT2D eigenvalue weighted by Crippen LogP contribution is 2.35. The molecule has 0 bridgehead atoms. The van der Waals surface area contributed by atoms with Crippen LogP contribution < -0.4 is 15.2 Å². The minimum atomic E-state index is -0.390. The molecule has 1 unspecified atom stereocenters. The number of ether oxygens (including phenoxy) is 2. The zero-order valence-electron chi connectivity index (χ0n) is 11.9. The van der Waals surface area contributed by atoms with Crippen molar-refractivity contribution < 1.29 is 13.9 Å². The van der Waals surface area contributed by atoms with Crippen LogP contribution in [0.1, 0.15) is 17.2 Å². The molecule has 2 aromatic rings. The lowest BCUT2D eigenvalue weighted by Crippen LogP contribution is -2.15. The zero-order valence-corrected chi connectivity index (χ0v) is 13.5. The second kappa shape index (κ2) is 6.91. The summed E-state index contributed by atoms with van der Waals surface area (Å²) in [6.07, 6.45) is 0.370. The molecule has 2 aromatic carbocycles. The highest BCUT2D eigenvalue weighted by molar-refractivity contribution is 9.10. The van der Waals surface area contributed by atoms with Crippen molar-refractivity contribution in [1.29, 1.82) is 0 Å². The number of hydrogen-bond acceptors (Lipinski definition) is 3. The molecule has 0 aliphatic heterocycles. The number of benzene rings is 2. The molecular formula is C16H17BrFNO2. The normalized spacial score (nSPS) is 12.0. The third kappa shape index (κ3) is 3.54. The van der Waals surface area contributed by atoms with E-state index < -0.39 is 0 Å². The number of hydrogen-bond donors (Lipinski definition) is 1. The van der Waals surface area contributed by atoms with Crippen molar-refractivity contribution in [1.82, 2.24) is 0 Å². The Kier molecular flexibility index (Phi) is 5.20. The average molecular weight is 354 g/mol. The third-order valence-electron chi connectivity index (χ3n) is 3.28. The van der Waals surface area contributed by atoms with Crippen LogP contribution in [-0.2, 0) is 6.42 Å². The Morgan fingerprint density at radius 3 is 2.62 bits per heavy atom. The number of para-hydroxylation sites is 1. The molecule has 0 saturated carbocycles. The van der Waals surface area contributed by atoms with Crippen molar-refractivity contribution in [3.05, 3.63) is 57.8 Å². The van der Waals surface area contributed by atoms with Gasteiger partial charge in [-0.15, -0.1) is 0 Å². The molecule has 0 radical (unpaired) electrons. The van der Waals surface area contributed by atoms with Crippen LogP contribution in [0.25, 0.3) is 0 Å². The largest absolute Gasteiger partial charge is 0.493 e. The Morgan fingerprint density at radius 2 is 1.95 bits per heavy atom. The summed E-state index contributed by atoms with van der Waals surface area (Å²) < 4.78 is 25.3. The molecular weight excluding hydrogens is 337 g/mol. The van der Waals surface area contributed by atoms with E-state index in [1.807, 2.05) is 12.1 Å². The molecule has 112 valence electrons. The third-order valence-corrected chi connectivity index (χ3v) is 3.77. The van der Waals surface area contributed by atoms with Crippen LogP contribution in [0.2, 0.25) is 0 Å². The molecule has 0 aromatic heterocycles. The lowest BCUT2D eigenvalue weighted by molar-refractivity contribution is 0.349. The van der Waals surface area contributed by atoms with Gasteiger partial charge in [0.15, 0.2) is 11.5 Å². The van der Waals surface area contributed by atoms with Crippen LogP contribution in [0.5, 0.6) is 11.5 Å². The van der Waals surface area contributed by atoms with E-state index in [1.54, 1.807) is 32.4 Å². The van der Waals surface area contributed by atoms with Gasteiger partial charge in [0.05, 0.1) is 14.2 Å². The van der Waals surface area contributed by atoms with Gasteiger partial charge in [-0.1, -0.05) is 28.1 Å². The van der Waals surface area contributed by atoms with Gasteiger partial charge in [0.25, 0.3) is 0 Å². The lowest BCUT2D eigenvalue weighted by Gasteiger charge is -2.18. The van der Waals surface area contributed by atoms with Crippen molar-refractivity contribution in [2.24, 2.45) is 5.73 Å². The lowest BCUT2D eigenvalue weighted by atomic mass is 9.98. The molecule has 2 N–H and O–H groups in total. The summed E-state index contributed by atoms with van der Waals surface area (Å²) in [5, 5.41) is 0. The van der Waals surface area contributed by atoms with E-state index in [-0.39, 0.29) is 11.9 Å². The highest BCUT2D eigenvalue weighted by Gasteiger charge is 2.17. The highest BCUT2D eigenvalue weighted by atomic mass is 79.9. The van der Waals surface area contributed by atoms with Crippen LogP contribution in [0.15, 0.2) is 40.9 Å². The first kappa shape index (κ1) is 15.8. The van der Waals surface area contributed by atoms with Crippen molar-refractivity contribution >= 4 is 15.9 Å². The van der Waals surface area contributed by atoms with E-state index in [0.717, 1.165) is 10.0 Å². The van der Waals surface area contributed by atoms with Crippen LogP contribution in [0, 0.1) is 5.82 Å². The van der Waals surface area contributed by atoms with Gasteiger partial charge in [-0.2, -0.15) is 0 Å². The van der Waals surface area contributed by atoms with Gasteiger partial charge in [-0.05, 0) is 36.2 Å². The Labute approximate surface area is 132 Å². The number of rotatable bonds is 5. The van der Waals surface area contributed by atoms with E-state index in [4.69, 9.17) is 15.2 Å². The summed E-state index contributed by atoms with van der Waals surface area (Å²) in [4.78, 5) is 0. The van der Waals surface area contributed by atoms with Gasteiger partial charge in [-0.3, -0.25) is 0 Å². The Balaban J connectivity index is 2.32. The fraction of sp³-hybridized carbons (Fsp3) is 0.250. The zero-order chi connectivity index (χ0) is 15.4. The molecule has 0 spiro atoms. The minimum Gasteiger partial charge on any atom is -0.493 e. The SMILES string of the molecule is COc1cccc(C(N)Cc2cc(Br)ccc2F)c1OC. The molecule has 2 rings (SSSR count). The van der Waals surface area contributed by atoms with Gasteiger partial charge in [0, 0.05) is 16.1 Å². The Bertz CT molecular complexity index is 634. The summed E-state index contributed by atoms with van der Waals surface area (Å²) in [6, 6.07) is 9.94. The topological polar surface area (TPSA) is 44.5 Å². The number of halogens is 2. The monoisotopic (exact) mass is 353 g/mol. The quantitative estimate of drug-likeness (QED) is 0.887. The van der Waals surface area contributed by atoms with E-state index in [2.05, 4.69) is 15.9 Å². The summed E-state index contributed by atoms with van der Waals surface area (Å²) in [5.74, 6) is 0.929. The van der Waals surface area contributed by atoms with Crippen molar-refractivity contribution in [2.45, 2.75) is 12.5 Å². The first-order chi connectivity index (χ1) is 10.1. The fourth-order valence-electron chi connectivity index (χ4n) is 2.25. The maximum atomic E-state index is 13.8. The molecule has 21 heavy (non-hydrogen) atoms. The molecule has 3 nitrogen and oxygen atoms in total. The summed E-state index contributed by atoms with van der Waals surface area (Å²) >= 11 is 3.34. The maximum Gasteiger partial charge on any atom is 0.165 e. The van der Waals surface area contributed by atoms with E-state index >= 15 is 0 Å². The van der Waals surface area contributed by atoms with E-state index in [1.165, 1.54) is 6.07 Å². The molecule has 5 heteroatoms. The van der Waals surface area contributed by atoms with Crippen LogP contribution in [-0.4, -0.2) is 14.2 Å². The van der Waals surface area contributed by atoms with Crippen LogP contribution in [0.4, 0.5) is 4.39 Å². The first-order valence-corrected chi connectivity index (χ1v) is 7.26.